The minimum Gasteiger partial charge on any atom is -0.379 e. The van der Waals surface area contributed by atoms with Gasteiger partial charge >= 0.3 is 0 Å². The maximum Gasteiger partial charge on any atom is 0.230 e. The molecule has 32 heavy (non-hydrogen) atoms. The Bertz CT molecular complexity index is 743. The molecule has 0 spiro atoms. The van der Waals surface area contributed by atoms with Crippen LogP contribution in [-0.2, 0) is 9.53 Å². The Balaban J connectivity index is 0.00000363. The van der Waals surface area contributed by atoms with Crippen molar-refractivity contribution in [3.63, 3.8) is 0 Å². The molecule has 1 amide bonds. The molecule has 0 aromatic carbocycles. The Hall–Kier alpha value is -0.910. The van der Waals surface area contributed by atoms with Crippen LogP contribution in [0.15, 0.2) is 17.1 Å². The van der Waals surface area contributed by atoms with E-state index in [9.17, 15) is 4.79 Å². The number of carbonyl (C=O) groups excluding carboxylic acids is 1. The van der Waals surface area contributed by atoms with E-state index < -0.39 is 0 Å². The van der Waals surface area contributed by atoms with Gasteiger partial charge in [-0.3, -0.25) is 14.7 Å². The summed E-state index contributed by atoms with van der Waals surface area (Å²) in [7, 11) is 3.71. The van der Waals surface area contributed by atoms with Gasteiger partial charge in [0.15, 0.2) is 5.96 Å². The fourth-order valence-corrected chi connectivity index (χ4v) is 5.67. The molecule has 2 fully saturated rings. The average Bonchev–Trinajstić information content (AvgIpc) is 3.42. The van der Waals surface area contributed by atoms with Gasteiger partial charge in [-0.25, -0.2) is 0 Å². The normalized spacial score (nSPS) is 19.8. The lowest BCUT2D eigenvalue weighted by Gasteiger charge is -2.34. The number of rotatable bonds is 8. The van der Waals surface area contributed by atoms with Crippen molar-refractivity contribution in [2.45, 2.75) is 45.6 Å². The maximum atomic E-state index is 12.9. The van der Waals surface area contributed by atoms with E-state index in [1.54, 1.807) is 4.90 Å². The average molecular weight is 578 g/mol. The first-order valence-electron chi connectivity index (χ1n) is 11.6. The minimum atomic E-state index is -0.347. The third kappa shape index (κ3) is 7.04. The van der Waals surface area contributed by atoms with Crippen molar-refractivity contribution < 1.29 is 9.53 Å². The smallest absolute Gasteiger partial charge is 0.230 e. The molecule has 1 aromatic heterocycles. The van der Waals surface area contributed by atoms with E-state index in [2.05, 4.69) is 41.5 Å². The Labute approximate surface area is 214 Å². The predicted molar refractivity (Wildman–Crippen MR) is 143 cm³/mol. The minimum absolute atomic E-state index is 0. The summed E-state index contributed by atoms with van der Waals surface area (Å²) in [6, 6.07) is 4.73. The third-order valence-corrected chi connectivity index (χ3v) is 7.45. The van der Waals surface area contributed by atoms with Crippen molar-refractivity contribution in [3.8, 4) is 0 Å². The number of aryl methyl sites for hydroxylation is 1. The van der Waals surface area contributed by atoms with Crippen LogP contribution in [0.25, 0.3) is 0 Å². The van der Waals surface area contributed by atoms with Crippen LogP contribution in [0.1, 0.15) is 48.4 Å². The lowest BCUT2D eigenvalue weighted by atomic mass is 9.85. The molecule has 7 nitrogen and oxygen atoms in total. The monoisotopic (exact) mass is 577 g/mol. The molecule has 1 saturated heterocycles. The van der Waals surface area contributed by atoms with Gasteiger partial charge in [0.2, 0.25) is 5.91 Å². The van der Waals surface area contributed by atoms with Crippen molar-refractivity contribution in [2.75, 3.05) is 60.0 Å². The quantitative estimate of drug-likeness (QED) is 0.282. The van der Waals surface area contributed by atoms with Crippen LogP contribution in [0.2, 0.25) is 0 Å². The lowest BCUT2D eigenvalue weighted by molar-refractivity contribution is -0.138. The van der Waals surface area contributed by atoms with Crippen molar-refractivity contribution in [1.82, 2.24) is 20.4 Å². The second-order valence-electron chi connectivity index (χ2n) is 8.88. The molecule has 1 saturated carbocycles. The van der Waals surface area contributed by atoms with E-state index in [0.29, 0.717) is 6.54 Å². The molecule has 182 valence electrons. The van der Waals surface area contributed by atoms with Crippen molar-refractivity contribution in [3.05, 3.63) is 21.9 Å². The van der Waals surface area contributed by atoms with E-state index in [1.807, 2.05) is 25.4 Å². The number of carbonyl (C=O) groups is 1. The summed E-state index contributed by atoms with van der Waals surface area (Å²) in [4.78, 5) is 24.7. The number of halogens is 1. The third-order valence-electron chi connectivity index (χ3n) is 6.34. The molecule has 2 N–H and O–H groups in total. The molecule has 3 rings (SSSR count). The van der Waals surface area contributed by atoms with Crippen LogP contribution in [0.5, 0.6) is 0 Å². The molecule has 1 aliphatic carbocycles. The first kappa shape index (κ1) is 27.3. The van der Waals surface area contributed by atoms with E-state index in [0.717, 1.165) is 71.0 Å². The summed E-state index contributed by atoms with van der Waals surface area (Å²) in [5.41, 5.74) is -0.347. The Morgan fingerprint density at radius 2 is 1.94 bits per heavy atom. The molecule has 2 aliphatic rings. The van der Waals surface area contributed by atoms with Crippen molar-refractivity contribution in [1.29, 1.82) is 0 Å². The van der Waals surface area contributed by atoms with Crippen LogP contribution < -0.4 is 10.6 Å². The van der Waals surface area contributed by atoms with Gasteiger partial charge in [-0.05, 0) is 38.8 Å². The fourth-order valence-electron chi connectivity index (χ4n) is 4.66. The predicted octanol–water partition coefficient (Wildman–Crippen LogP) is 3.25. The SMILES string of the molecule is CCNC(=NCC1(C(=O)N(C)C)CCCC1)NCC(c1ccc(C)s1)N1CCOCC1.I. The summed E-state index contributed by atoms with van der Waals surface area (Å²) >= 11 is 1.86. The summed E-state index contributed by atoms with van der Waals surface area (Å²) in [5, 5.41) is 6.95. The van der Waals surface area contributed by atoms with Gasteiger partial charge in [-0.2, -0.15) is 0 Å². The molecular formula is C23H40IN5O2S. The van der Waals surface area contributed by atoms with Gasteiger partial charge in [0.25, 0.3) is 0 Å². The molecule has 1 aromatic rings. The first-order chi connectivity index (χ1) is 14.9. The highest BCUT2D eigenvalue weighted by Gasteiger charge is 2.42. The van der Waals surface area contributed by atoms with Crippen molar-refractivity contribution >= 4 is 47.2 Å². The van der Waals surface area contributed by atoms with Crippen LogP contribution >= 0.6 is 35.3 Å². The number of aliphatic imine (C=N–C) groups is 1. The number of hydrogen-bond donors (Lipinski definition) is 2. The number of hydrogen-bond acceptors (Lipinski definition) is 5. The summed E-state index contributed by atoms with van der Waals surface area (Å²) < 4.78 is 5.57. The Morgan fingerprint density at radius 1 is 1.25 bits per heavy atom. The second-order valence-corrected chi connectivity index (χ2v) is 10.2. The number of nitrogens with zero attached hydrogens (tertiary/aromatic N) is 3. The van der Waals surface area contributed by atoms with Gasteiger partial charge in [0.1, 0.15) is 0 Å². The van der Waals surface area contributed by atoms with E-state index in [1.165, 1.54) is 9.75 Å². The zero-order valence-electron chi connectivity index (χ0n) is 20.0. The number of guanidine groups is 1. The van der Waals surface area contributed by atoms with Gasteiger partial charge < -0.3 is 20.3 Å². The van der Waals surface area contributed by atoms with E-state index >= 15 is 0 Å². The highest BCUT2D eigenvalue weighted by molar-refractivity contribution is 14.0. The molecule has 2 heterocycles. The summed E-state index contributed by atoms with van der Waals surface area (Å²) in [6.07, 6.45) is 4.07. The first-order valence-corrected chi connectivity index (χ1v) is 12.4. The van der Waals surface area contributed by atoms with Gasteiger partial charge in [0, 0.05) is 50.0 Å². The van der Waals surface area contributed by atoms with Crippen LogP contribution in [-0.4, -0.2) is 81.7 Å². The number of nitrogens with one attached hydrogen (secondary N) is 2. The molecule has 0 bridgehead atoms. The molecule has 0 radical (unpaired) electrons. The molecule has 1 atom stereocenters. The van der Waals surface area contributed by atoms with Crippen molar-refractivity contribution in [2.24, 2.45) is 10.4 Å². The second kappa shape index (κ2) is 13.1. The summed E-state index contributed by atoms with van der Waals surface area (Å²) in [5.74, 6) is 1.01. The Morgan fingerprint density at radius 3 is 2.50 bits per heavy atom. The van der Waals surface area contributed by atoms with E-state index in [4.69, 9.17) is 9.73 Å². The Kier molecular flexibility index (Phi) is 11.2. The van der Waals surface area contributed by atoms with Gasteiger partial charge in [0.05, 0.1) is 31.2 Å². The van der Waals surface area contributed by atoms with Crippen LogP contribution in [0.3, 0.4) is 0 Å². The number of amides is 1. The van der Waals surface area contributed by atoms with Gasteiger partial charge in [-0.1, -0.05) is 12.8 Å². The number of morpholine rings is 1. The molecule has 1 unspecified atom stereocenters. The highest BCUT2D eigenvalue weighted by Crippen LogP contribution is 2.39. The van der Waals surface area contributed by atoms with Crippen LogP contribution in [0, 0.1) is 12.3 Å². The maximum absolute atomic E-state index is 12.9. The zero-order chi connectivity index (χ0) is 22.3. The number of ether oxygens (including phenoxy) is 1. The van der Waals surface area contributed by atoms with Gasteiger partial charge in [-0.15, -0.1) is 35.3 Å². The highest BCUT2D eigenvalue weighted by atomic mass is 127. The molecule has 9 heteroatoms. The summed E-state index contributed by atoms with van der Waals surface area (Å²) in [6.45, 7) is 9.80. The van der Waals surface area contributed by atoms with E-state index in [-0.39, 0.29) is 41.3 Å². The molecule has 1 aliphatic heterocycles. The largest absolute Gasteiger partial charge is 0.379 e. The topological polar surface area (TPSA) is 69.2 Å². The fraction of sp³-hybridized carbons (Fsp3) is 0.739. The standard InChI is InChI=1S/C23H39N5O2S.HI/c1-5-24-22(26-17-23(10-6-7-11-23)21(29)27(3)4)25-16-19(20-9-8-18(2)31-20)28-12-14-30-15-13-28;/h8-9,19H,5-7,10-17H2,1-4H3,(H2,24,25,26);1H. The molecular weight excluding hydrogens is 537 g/mol. The lowest BCUT2D eigenvalue weighted by Crippen LogP contribution is -2.47. The number of thiophene rings is 1. The zero-order valence-corrected chi connectivity index (χ0v) is 23.1. The van der Waals surface area contributed by atoms with Crippen LogP contribution in [0.4, 0.5) is 0 Å².